The molecule has 9 heteroatoms. The summed E-state index contributed by atoms with van der Waals surface area (Å²) >= 11 is 0. The summed E-state index contributed by atoms with van der Waals surface area (Å²) in [6.45, 7) is 6.69. The normalized spacial score (nSPS) is 17.7. The molecule has 0 atom stereocenters. The molecule has 1 aliphatic carbocycles. The minimum atomic E-state index is -0.308. The molecule has 0 radical (unpaired) electrons. The summed E-state index contributed by atoms with van der Waals surface area (Å²) in [5.74, 6) is -0.308. The first-order valence-corrected chi connectivity index (χ1v) is 12.7. The molecule has 1 saturated carbocycles. The average Bonchev–Trinajstić information content (AvgIpc) is 2.88. The van der Waals surface area contributed by atoms with E-state index in [1.54, 1.807) is 12.3 Å². The van der Waals surface area contributed by atoms with E-state index >= 15 is 0 Å². The number of aromatic nitrogens is 3. The fraction of sp³-hybridized carbons (Fsp3) is 0.538. The summed E-state index contributed by atoms with van der Waals surface area (Å²) in [5, 5.41) is 12.4. The number of nitrogens with one attached hydrogen (secondary N) is 2. The maximum Gasteiger partial charge on any atom is 0.267 e. The molecule has 2 aliphatic rings. The van der Waals surface area contributed by atoms with Crippen LogP contribution in [0.15, 0.2) is 29.2 Å². The largest absolute Gasteiger partial charge is 0.379 e. The molecule has 9 nitrogen and oxygen atoms in total. The van der Waals surface area contributed by atoms with Gasteiger partial charge in [0.25, 0.3) is 11.5 Å². The van der Waals surface area contributed by atoms with Gasteiger partial charge in [-0.1, -0.05) is 25.3 Å². The van der Waals surface area contributed by atoms with Gasteiger partial charge in [-0.2, -0.15) is 0 Å². The van der Waals surface area contributed by atoms with Crippen molar-refractivity contribution in [2.45, 2.75) is 51.5 Å². The van der Waals surface area contributed by atoms with Crippen LogP contribution in [0.2, 0.25) is 0 Å². The Morgan fingerprint density at radius 1 is 1.20 bits per heavy atom. The van der Waals surface area contributed by atoms with E-state index in [0.717, 1.165) is 70.5 Å². The van der Waals surface area contributed by atoms with E-state index < -0.39 is 0 Å². The number of hydrogen-bond acceptors (Lipinski definition) is 6. The molecule has 4 heterocycles. The second-order valence-corrected chi connectivity index (χ2v) is 9.67. The third-order valence-corrected chi connectivity index (χ3v) is 7.30. The van der Waals surface area contributed by atoms with Gasteiger partial charge in [0.15, 0.2) is 0 Å². The topological polar surface area (TPSA) is 105 Å². The van der Waals surface area contributed by atoms with Crippen molar-refractivity contribution in [3.05, 3.63) is 51.4 Å². The van der Waals surface area contributed by atoms with E-state index in [1.807, 2.05) is 23.6 Å². The lowest BCUT2D eigenvalue weighted by Crippen LogP contribution is -2.39. The second-order valence-electron chi connectivity index (χ2n) is 9.67. The fourth-order valence-electron chi connectivity index (χ4n) is 5.35. The van der Waals surface area contributed by atoms with Crippen LogP contribution in [0.25, 0.3) is 16.7 Å². The van der Waals surface area contributed by atoms with E-state index in [0.29, 0.717) is 23.2 Å². The van der Waals surface area contributed by atoms with Crippen LogP contribution >= 0.6 is 0 Å². The zero-order chi connectivity index (χ0) is 24.4. The molecule has 5 rings (SSSR count). The summed E-state index contributed by atoms with van der Waals surface area (Å²) in [6.07, 6.45) is 7.69. The number of amides is 1. The first-order valence-electron chi connectivity index (χ1n) is 12.7. The lowest BCUT2D eigenvalue weighted by molar-refractivity contribution is 0.0374. The predicted octanol–water partition coefficient (Wildman–Crippen LogP) is 2.39. The minimum Gasteiger partial charge on any atom is -0.379 e. The predicted molar refractivity (Wildman–Crippen MR) is 134 cm³/mol. The van der Waals surface area contributed by atoms with Crippen molar-refractivity contribution in [2.75, 3.05) is 39.4 Å². The summed E-state index contributed by atoms with van der Waals surface area (Å²) in [5.41, 5.74) is 2.16. The third kappa shape index (κ3) is 4.75. The molecule has 2 N–H and O–H groups in total. The van der Waals surface area contributed by atoms with Crippen molar-refractivity contribution in [1.29, 1.82) is 5.41 Å². The third-order valence-electron chi connectivity index (χ3n) is 7.30. The highest BCUT2D eigenvalue weighted by molar-refractivity contribution is 5.96. The standard InChI is InChI=1S/C26H34N6O3/c1-18-7-5-12-31-23(18)29-24-21(26(31)34)17-20(22(27)32(24)19-8-3-2-4-9-19)25(33)28-10-6-11-30-13-15-35-16-14-30/h5,7,12,17,19,27H,2-4,6,8-11,13-16H2,1H3,(H,28,33). The zero-order valence-corrected chi connectivity index (χ0v) is 20.4. The van der Waals surface area contributed by atoms with Gasteiger partial charge in [0, 0.05) is 31.9 Å². The molecular weight excluding hydrogens is 444 g/mol. The van der Waals surface area contributed by atoms with Crippen LogP contribution in [-0.4, -0.2) is 64.2 Å². The number of morpholine rings is 1. The molecule has 0 spiro atoms. The molecule has 35 heavy (non-hydrogen) atoms. The van der Waals surface area contributed by atoms with Crippen molar-refractivity contribution < 1.29 is 9.53 Å². The van der Waals surface area contributed by atoms with Gasteiger partial charge in [-0.05, 0) is 50.4 Å². The number of rotatable bonds is 6. The summed E-state index contributed by atoms with van der Waals surface area (Å²) < 4.78 is 8.78. The molecule has 1 saturated heterocycles. The summed E-state index contributed by atoms with van der Waals surface area (Å²) in [6, 6.07) is 5.39. The van der Waals surface area contributed by atoms with E-state index in [4.69, 9.17) is 15.1 Å². The number of pyridine rings is 2. The van der Waals surface area contributed by atoms with Crippen LogP contribution in [-0.2, 0) is 4.74 Å². The lowest BCUT2D eigenvalue weighted by atomic mass is 9.94. The molecule has 3 aromatic heterocycles. The minimum absolute atomic E-state index is 0.0613. The molecule has 186 valence electrons. The number of carbonyl (C=O) groups is 1. The maximum atomic E-state index is 13.5. The maximum absolute atomic E-state index is 13.5. The number of carbonyl (C=O) groups excluding carboxylic acids is 1. The first kappa shape index (κ1) is 23.7. The Kier molecular flexibility index (Phi) is 6.97. The number of ether oxygens (including phenoxy) is 1. The fourth-order valence-corrected chi connectivity index (χ4v) is 5.35. The summed E-state index contributed by atoms with van der Waals surface area (Å²) in [4.78, 5) is 33.9. The van der Waals surface area contributed by atoms with Gasteiger partial charge in [0.2, 0.25) is 0 Å². The van der Waals surface area contributed by atoms with Gasteiger partial charge in [-0.3, -0.25) is 24.3 Å². The number of aryl methyl sites for hydroxylation is 1. The smallest absolute Gasteiger partial charge is 0.267 e. The molecular formula is C26H34N6O3. The molecule has 3 aromatic rings. The van der Waals surface area contributed by atoms with Crippen molar-refractivity contribution in [3.8, 4) is 0 Å². The lowest BCUT2D eigenvalue weighted by Gasteiger charge is -2.27. The highest BCUT2D eigenvalue weighted by atomic mass is 16.5. The van der Waals surface area contributed by atoms with Crippen LogP contribution in [0, 0.1) is 12.3 Å². The molecule has 0 bridgehead atoms. The van der Waals surface area contributed by atoms with Crippen LogP contribution in [0.4, 0.5) is 0 Å². The summed E-state index contributed by atoms with van der Waals surface area (Å²) in [7, 11) is 0. The SMILES string of the molecule is Cc1cccn2c(=O)c3cc(C(=O)NCCCN4CCOCC4)c(=N)n(C4CCCCC4)c3nc12. The number of fused-ring (bicyclic) bond motifs is 2. The van der Waals surface area contributed by atoms with Gasteiger partial charge < -0.3 is 14.6 Å². The van der Waals surface area contributed by atoms with E-state index in [-0.39, 0.29) is 28.6 Å². The van der Waals surface area contributed by atoms with Gasteiger partial charge in [0.05, 0.1) is 24.2 Å². The van der Waals surface area contributed by atoms with Crippen LogP contribution in [0.5, 0.6) is 0 Å². The van der Waals surface area contributed by atoms with Crippen molar-refractivity contribution in [2.24, 2.45) is 0 Å². The Balaban J connectivity index is 1.51. The van der Waals surface area contributed by atoms with E-state index in [2.05, 4.69) is 10.2 Å². The van der Waals surface area contributed by atoms with Crippen LogP contribution in [0.1, 0.15) is 60.5 Å². The van der Waals surface area contributed by atoms with Gasteiger partial charge >= 0.3 is 0 Å². The van der Waals surface area contributed by atoms with Crippen molar-refractivity contribution in [1.82, 2.24) is 24.2 Å². The molecule has 2 fully saturated rings. The highest BCUT2D eigenvalue weighted by Gasteiger charge is 2.24. The number of hydrogen-bond donors (Lipinski definition) is 2. The van der Waals surface area contributed by atoms with E-state index in [1.165, 1.54) is 10.8 Å². The molecule has 1 amide bonds. The second kappa shape index (κ2) is 10.3. The van der Waals surface area contributed by atoms with Gasteiger partial charge in [-0.15, -0.1) is 0 Å². The molecule has 0 unspecified atom stereocenters. The highest BCUT2D eigenvalue weighted by Crippen LogP contribution is 2.29. The number of nitrogens with zero attached hydrogens (tertiary/aromatic N) is 4. The van der Waals surface area contributed by atoms with E-state index in [9.17, 15) is 9.59 Å². The Labute approximate surface area is 204 Å². The molecule has 1 aliphatic heterocycles. The Hall–Kier alpha value is -3.04. The first-order chi connectivity index (χ1) is 17.0. The van der Waals surface area contributed by atoms with Crippen LogP contribution < -0.4 is 16.4 Å². The monoisotopic (exact) mass is 478 g/mol. The Morgan fingerprint density at radius 2 is 1.97 bits per heavy atom. The van der Waals surface area contributed by atoms with Gasteiger partial charge in [0.1, 0.15) is 16.8 Å². The average molecular weight is 479 g/mol. The Morgan fingerprint density at radius 3 is 2.74 bits per heavy atom. The Bertz CT molecular complexity index is 1350. The van der Waals surface area contributed by atoms with Crippen molar-refractivity contribution in [3.63, 3.8) is 0 Å². The van der Waals surface area contributed by atoms with Crippen molar-refractivity contribution >= 4 is 22.6 Å². The molecule has 0 aromatic carbocycles. The zero-order valence-electron chi connectivity index (χ0n) is 20.4. The van der Waals surface area contributed by atoms with Crippen LogP contribution in [0.3, 0.4) is 0 Å². The quantitative estimate of drug-likeness (QED) is 0.418. The van der Waals surface area contributed by atoms with Gasteiger partial charge in [-0.25, -0.2) is 4.98 Å².